The first-order chi connectivity index (χ1) is 12.9. The van der Waals surface area contributed by atoms with E-state index in [-0.39, 0.29) is 35.3 Å². The van der Waals surface area contributed by atoms with Gasteiger partial charge in [0.25, 0.3) is 10.1 Å². The second-order valence-corrected chi connectivity index (χ2v) is 8.00. The van der Waals surface area contributed by atoms with Gasteiger partial charge in [0.2, 0.25) is 0 Å². The molecule has 2 aromatic carbocycles. The van der Waals surface area contributed by atoms with Crippen LogP contribution in [0.1, 0.15) is 57.4 Å². The molecule has 0 saturated carbocycles. The monoisotopic (exact) mass is 414 g/mol. The predicted molar refractivity (Wildman–Crippen MR) is 104 cm³/mol. The van der Waals surface area contributed by atoms with Gasteiger partial charge in [0.05, 0.1) is 0 Å². The summed E-state index contributed by atoms with van der Waals surface area (Å²) < 4.78 is 38.2. The van der Waals surface area contributed by atoms with E-state index in [9.17, 15) is 18.1 Å². The third kappa shape index (κ3) is 7.76. The molecule has 1 N–H and O–H groups in total. The Bertz CT molecular complexity index is 836. The van der Waals surface area contributed by atoms with Crippen molar-refractivity contribution >= 4 is 10.1 Å². The van der Waals surface area contributed by atoms with Crippen LogP contribution in [0.15, 0.2) is 47.4 Å². The number of unbranched alkanes of at least 4 members (excludes halogenated alkanes) is 6. The fourth-order valence-corrected chi connectivity index (χ4v) is 3.72. The Hall–Kier alpha value is -1.05. The summed E-state index contributed by atoms with van der Waals surface area (Å²) in [5.41, 5.74) is 0.948. The van der Waals surface area contributed by atoms with Gasteiger partial charge >= 0.3 is 29.6 Å². The fraction of sp³-hybridized carbons (Fsp3) is 0.429. The maximum Gasteiger partial charge on any atom is 1.00 e. The summed E-state index contributed by atoms with van der Waals surface area (Å²) in [6, 6.07) is 11.2. The van der Waals surface area contributed by atoms with Crippen molar-refractivity contribution in [1.29, 1.82) is 0 Å². The molecular weight excluding hydrogens is 387 g/mol. The Morgan fingerprint density at radius 1 is 0.893 bits per heavy atom. The molecule has 0 aromatic heterocycles. The molecule has 0 saturated heterocycles. The Labute approximate surface area is 190 Å². The maximum absolute atomic E-state index is 11.9. The average molecular weight is 414 g/mol. The number of benzene rings is 2. The Morgan fingerprint density at radius 2 is 1.50 bits per heavy atom. The van der Waals surface area contributed by atoms with Crippen molar-refractivity contribution < 1.29 is 52.4 Å². The first-order valence-electron chi connectivity index (χ1n) is 9.46. The maximum atomic E-state index is 11.9. The molecule has 5 nitrogen and oxygen atoms in total. The summed E-state index contributed by atoms with van der Waals surface area (Å²) in [6.45, 7) is 2.20. The number of rotatable bonds is 11. The molecule has 0 radical (unpaired) electrons. The van der Waals surface area contributed by atoms with Crippen LogP contribution in [-0.4, -0.2) is 13.0 Å². The first-order valence-corrected chi connectivity index (χ1v) is 10.9. The van der Waals surface area contributed by atoms with Crippen molar-refractivity contribution in [2.24, 2.45) is 0 Å². The summed E-state index contributed by atoms with van der Waals surface area (Å²) in [5, 5.41) is 11.9. The van der Waals surface area contributed by atoms with E-state index in [2.05, 4.69) is 6.92 Å². The van der Waals surface area contributed by atoms with E-state index in [1.807, 2.05) is 12.1 Å². The Morgan fingerprint density at radius 3 is 2.18 bits per heavy atom. The van der Waals surface area contributed by atoms with Crippen molar-refractivity contribution in [3.05, 3.63) is 48.0 Å². The van der Waals surface area contributed by atoms with Crippen LogP contribution < -0.4 is 39.4 Å². The number of para-hydroxylation sites is 1. The van der Waals surface area contributed by atoms with Crippen LogP contribution in [0.2, 0.25) is 0 Å². The van der Waals surface area contributed by atoms with Gasteiger partial charge in [-0.05, 0) is 30.5 Å². The minimum Gasteiger partial charge on any atom is -0.871 e. The van der Waals surface area contributed by atoms with Gasteiger partial charge in [-0.3, -0.25) is 4.55 Å². The number of hydrogen-bond donors (Lipinski definition) is 1. The van der Waals surface area contributed by atoms with Crippen LogP contribution in [0.3, 0.4) is 0 Å². The second-order valence-electron chi connectivity index (χ2n) is 6.64. The summed E-state index contributed by atoms with van der Waals surface area (Å²) in [6.07, 6.45) is 9.20. The van der Waals surface area contributed by atoms with Gasteiger partial charge in [-0.2, -0.15) is 8.42 Å². The molecule has 0 unspecified atom stereocenters. The molecule has 0 aliphatic heterocycles. The van der Waals surface area contributed by atoms with Crippen LogP contribution in [0.25, 0.3) is 0 Å². The molecule has 0 amide bonds. The molecule has 2 rings (SSSR count). The van der Waals surface area contributed by atoms with E-state index < -0.39 is 20.8 Å². The summed E-state index contributed by atoms with van der Waals surface area (Å²) in [7, 11) is -4.67. The SMILES string of the molecule is CCCCCCCCCc1ccccc1Oc1cccc([O-])c1S(=O)(=O)O.[Na+]. The van der Waals surface area contributed by atoms with Gasteiger partial charge in [-0.15, -0.1) is 0 Å². The molecule has 28 heavy (non-hydrogen) atoms. The second kappa shape index (κ2) is 12.5. The zero-order valence-corrected chi connectivity index (χ0v) is 19.5. The van der Waals surface area contributed by atoms with Crippen molar-refractivity contribution in [3.8, 4) is 17.2 Å². The predicted octanol–water partition coefficient (Wildman–Crippen LogP) is 2.10. The largest absolute Gasteiger partial charge is 1.00 e. The number of ether oxygens (including phenoxy) is 1. The quantitative estimate of drug-likeness (QED) is 0.346. The Balaban J connectivity index is 0.00000392. The number of hydrogen-bond acceptors (Lipinski definition) is 4. The third-order valence-corrected chi connectivity index (χ3v) is 5.36. The molecule has 0 spiro atoms. The van der Waals surface area contributed by atoms with Gasteiger partial charge in [0.1, 0.15) is 16.4 Å². The first kappa shape index (κ1) is 25.0. The van der Waals surface area contributed by atoms with Crippen molar-refractivity contribution in [2.75, 3.05) is 0 Å². The normalized spacial score (nSPS) is 11.1. The van der Waals surface area contributed by atoms with Gasteiger partial charge < -0.3 is 9.84 Å². The van der Waals surface area contributed by atoms with Crippen LogP contribution in [0, 0.1) is 0 Å². The van der Waals surface area contributed by atoms with Gasteiger partial charge in [-0.25, -0.2) is 0 Å². The fourth-order valence-electron chi connectivity index (χ4n) is 3.03. The molecule has 0 heterocycles. The topological polar surface area (TPSA) is 86.7 Å². The standard InChI is InChI=1S/C21H28O5S.Na/c1-2-3-4-5-6-7-8-12-17-13-9-10-15-19(17)26-20-16-11-14-18(22)21(20)27(23,24)25;/h9-11,13-16,22H,2-8,12H2,1H3,(H,23,24,25);/q;+1/p-1. The van der Waals surface area contributed by atoms with Crippen LogP contribution in [0.5, 0.6) is 17.2 Å². The summed E-state index contributed by atoms with van der Waals surface area (Å²) in [5.74, 6) is -0.449. The van der Waals surface area contributed by atoms with E-state index in [0.29, 0.717) is 5.75 Å². The molecule has 0 aliphatic carbocycles. The molecule has 0 aliphatic rings. The molecule has 0 bridgehead atoms. The van der Waals surface area contributed by atoms with E-state index in [0.717, 1.165) is 30.9 Å². The molecule has 148 valence electrons. The van der Waals surface area contributed by atoms with Crippen LogP contribution >= 0.6 is 0 Å². The third-order valence-electron chi connectivity index (χ3n) is 4.44. The average Bonchev–Trinajstić information content (AvgIpc) is 2.61. The van der Waals surface area contributed by atoms with Crippen LogP contribution in [0.4, 0.5) is 0 Å². The smallest absolute Gasteiger partial charge is 0.871 e. The zero-order chi connectivity index (χ0) is 19.7. The molecule has 7 heteroatoms. The number of aryl methyl sites for hydroxylation is 1. The van der Waals surface area contributed by atoms with Crippen molar-refractivity contribution in [2.45, 2.75) is 63.2 Å². The van der Waals surface area contributed by atoms with Gasteiger partial charge in [0.15, 0.2) is 0 Å². The molecule has 0 fully saturated rings. The zero-order valence-electron chi connectivity index (χ0n) is 16.7. The van der Waals surface area contributed by atoms with Gasteiger partial charge in [-0.1, -0.05) is 81.5 Å². The summed E-state index contributed by atoms with van der Waals surface area (Å²) >= 11 is 0. The Kier molecular flexibility index (Phi) is 11.2. The van der Waals surface area contributed by atoms with Gasteiger partial charge in [0, 0.05) is 0 Å². The van der Waals surface area contributed by atoms with E-state index >= 15 is 0 Å². The van der Waals surface area contributed by atoms with Crippen molar-refractivity contribution in [3.63, 3.8) is 0 Å². The van der Waals surface area contributed by atoms with E-state index in [1.165, 1.54) is 44.2 Å². The van der Waals surface area contributed by atoms with E-state index in [4.69, 9.17) is 4.74 Å². The minimum absolute atomic E-state index is 0. The molecule has 2 aromatic rings. The van der Waals surface area contributed by atoms with Crippen molar-refractivity contribution in [1.82, 2.24) is 0 Å². The minimum atomic E-state index is -4.67. The van der Waals surface area contributed by atoms with Crippen LogP contribution in [-0.2, 0) is 16.5 Å². The summed E-state index contributed by atoms with van der Waals surface area (Å²) in [4.78, 5) is -0.726. The molecule has 0 atom stereocenters. The molecular formula is C21H27NaO5S. The van der Waals surface area contributed by atoms with E-state index in [1.54, 1.807) is 12.1 Å².